The van der Waals surface area contributed by atoms with E-state index in [9.17, 15) is 17.6 Å². The first kappa shape index (κ1) is 12.3. The SMILES string of the molecule is COc1nc(OC(F)(F)F)c(O)cc1CF. The lowest BCUT2D eigenvalue weighted by molar-refractivity contribution is -0.276. The third-order valence-corrected chi connectivity index (χ3v) is 1.56. The first-order valence-corrected chi connectivity index (χ1v) is 3.96. The number of ether oxygens (including phenoxy) is 2. The quantitative estimate of drug-likeness (QED) is 0.824. The molecule has 0 unspecified atom stereocenters. The Morgan fingerprint density at radius 2 is 2.00 bits per heavy atom. The predicted octanol–water partition coefficient (Wildman–Crippen LogP) is 2.16. The number of halogens is 4. The Balaban J connectivity index is 3.11. The van der Waals surface area contributed by atoms with Crippen LogP contribution >= 0.6 is 0 Å². The molecule has 4 nitrogen and oxygen atoms in total. The maximum absolute atomic E-state index is 12.3. The number of nitrogens with zero attached hydrogens (tertiary/aromatic N) is 1. The summed E-state index contributed by atoms with van der Waals surface area (Å²) >= 11 is 0. The Morgan fingerprint density at radius 1 is 1.38 bits per heavy atom. The molecule has 0 aliphatic rings. The van der Waals surface area contributed by atoms with Crippen molar-refractivity contribution in [3.05, 3.63) is 11.6 Å². The molecule has 0 amide bonds. The van der Waals surface area contributed by atoms with Crippen molar-refractivity contribution in [2.75, 3.05) is 7.11 Å². The third-order valence-electron chi connectivity index (χ3n) is 1.56. The minimum absolute atomic E-state index is 0.172. The van der Waals surface area contributed by atoms with Crippen LogP contribution in [0, 0.1) is 0 Å². The minimum atomic E-state index is -4.99. The van der Waals surface area contributed by atoms with Crippen molar-refractivity contribution in [2.45, 2.75) is 13.0 Å². The molecule has 1 rings (SSSR count). The van der Waals surface area contributed by atoms with E-state index < -0.39 is 24.7 Å². The second kappa shape index (κ2) is 4.42. The normalized spacial score (nSPS) is 11.3. The summed E-state index contributed by atoms with van der Waals surface area (Å²) in [6.07, 6.45) is -4.99. The molecule has 0 aliphatic heterocycles. The molecule has 0 saturated heterocycles. The number of methoxy groups -OCH3 is 1. The van der Waals surface area contributed by atoms with Crippen LogP contribution in [-0.4, -0.2) is 23.6 Å². The van der Waals surface area contributed by atoms with Gasteiger partial charge in [0.2, 0.25) is 5.88 Å². The van der Waals surface area contributed by atoms with Crippen LogP contribution in [0.2, 0.25) is 0 Å². The van der Waals surface area contributed by atoms with Gasteiger partial charge in [0.1, 0.15) is 6.67 Å². The lowest BCUT2D eigenvalue weighted by atomic mass is 10.3. The molecule has 0 saturated carbocycles. The van der Waals surface area contributed by atoms with Crippen molar-refractivity contribution in [3.63, 3.8) is 0 Å². The Bertz CT molecular complexity index is 380. The van der Waals surface area contributed by atoms with Crippen LogP contribution in [0.25, 0.3) is 0 Å². The first-order valence-electron chi connectivity index (χ1n) is 3.96. The van der Waals surface area contributed by atoms with E-state index in [-0.39, 0.29) is 11.4 Å². The minimum Gasteiger partial charge on any atom is -0.503 e. The van der Waals surface area contributed by atoms with E-state index in [0.717, 1.165) is 13.2 Å². The highest BCUT2D eigenvalue weighted by Crippen LogP contribution is 2.33. The zero-order valence-corrected chi connectivity index (χ0v) is 8.01. The van der Waals surface area contributed by atoms with Crippen molar-refractivity contribution >= 4 is 0 Å². The second-order valence-electron chi connectivity index (χ2n) is 2.66. The molecule has 0 bridgehead atoms. The molecule has 0 fully saturated rings. The number of hydrogen-bond donors (Lipinski definition) is 1. The fourth-order valence-corrected chi connectivity index (χ4v) is 0.967. The monoisotopic (exact) mass is 241 g/mol. The number of rotatable bonds is 3. The molecule has 0 aromatic carbocycles. The zero-order chi connectivity index (χ0) is 12.3. The standard InChI is InChI=1S/C8H7F4NO3/c1-15-6-4(3-9)2-5(14)7(13-6)16-8(10,11)12/h2,14H,3H2,1H3. The lowest BCUT2D eigenvalue weighted by Gasteiger charge is -2.11. The Labute approximate surface area is 87.4 Å². The summed E-state index contributed by atoms with van der Waals surface area (Å²) in [5.74, 6) is -2.37. The van der Waals surface area contributed by atoms with Crippen LogP contribution in [0.3, 0.4) is 0 Å². The van der Waals surface area contributed by atoms with E-state index in [4.69, 9.17) is 5.11 Å². The molecule has 90 valence electrons. The average Bonchev–Trinajstić information content (AvgIpc) is 2.18. The first-order chi connectivity index (χ1) is 7.37. The molecule has 1 heterocycles. The summed E-state index contributed by atoms with van der Waals surface area (Å²) in [5, 5.41) is 9.10. The fraction of sp³-hybridized carbons (Fsp3) is 0.375. The van der Waals surface area contributed by atoms with E-state index in [0.29, 0.717) is 0 Å². The molecule has 1 aromatic rings. The maximum atomic E-state index is 12.3. The van der Waals surface area contributed by atoms with E-state index in [1.807, 2.05) is 0 Å². The average molecular weight is 241 g/mol. The van der Waals surface area contributed by atoms with E-state index >= 15 is 0 Å². The van der Waals surface area contributed by atoms with Gasteiger partial charge in [-0.1, -0.05) is 0 Å². The lowest BCUT2D eigenvalue weighted by Crippen LogP contribution is -2.18. The molecule has 0 aliphatic carbocycles. The topological polar surface area (TPSA) is 51.6 Å². The van der Waals surface area contributed by atoms with Crippen LogP contribution < -0.4 is 9.47 Å². The molecule has 0 spiro atoms. The zero-order valence-electron chi connectivity index (χ0n) is 8.01. The van der Waals surface area contributed by atoms with Gasteiger partial charge in [-0.2, -0.15) is 4.98 Å². The van der Waals surface area contributed by atoms with Crippen LogP contribution in [0.4, 0.5) is 17.6 Å². The summed E-state index contributed by atoms with van der Waals surface area (Å²) in [6, 6.07) is 0.757. The van der Waals surface area contributed by atoms with Gasteiger partial charge in [0.05, 0.1) is 7.11 Å². The molecule has 1 aromatic heterocycles. The highest BCUT2D eigenvalue weighted by Gasteiger charge is 2.33. The van der Waals surface area contributed by atoms with Gasteiger partial charge in [-0.3, -0.25) is 0 Å². The molecular weight excluding hydrogens is 234 g/mol. The van der Waals surface area contributed by atoms with Gasteiger partial charge in [0.15, 0.2) is 5.75 Å². The van der Waals surface area contributed by atoms with Crippen LogP contribution in [0.5, 0.6) is 17.5 Å². The number of aromatic hydroxyl groups is 1. The van der Waals surface area contributed by atoms with Crippen LogP contribution in [0.15, 0.2) is 6.07 Å². The fourth-order valence-electron chi connectivity index (χ4n) is 0.967. The summed E-state index contributed by atoms with van der Waals surface area (Å²) in [4.78, 5) is 3.19. The molecule has 8 heteroatoms. The molecule has 0 atom stereocenters. The smallest absolute Gasteiger partial charge is 0.503 e. The number of hydrogen-bond acceptors (Lipinski definition) is 4. The second-order valence-corrected chi connectivity index (χ2v) is 2.66. The van der Waals surface area contributed by atoms with Crippen molar-refractivity contribution in [2.24, 2.45) is 0 Å². The number of pyridine rings is 1. The summed E-state index contributed by atoms with van der Waals surface area (Å²) in [5.41, 5.74) is -0.172. The highest BCUT2D eigenvalue weighted by atomic mass is 19.4. The third kappa shape index (κ3) is 2.88. The number of aromatic nitrogens is 1. The summed E-state index contributed by atoms with van der Waals surface area (Å²) in [7, 11) is 1.11. The summed E-state index contributed by atoms with van der Waals surface area (Å²) < 4.78 is 55.8. The van der Waals surface area contributed by atoms with Gasteiger partial charge in [-0.25, -0.2) is 4.39 Å². The van der Waals surface area contributed by atoms with Crippen LogP contribution in [-0.2, 0) is 6.67 Å². The Hall–Kier alpha value is -1.73. The van der Waals surface area contributed by atoms with Crippen molar-refractivity contribution in [1.82, 2.24) is 4.98 Å². The van der Waals surface area contributed by atoms with Gasteiger partial charge in [-0.05, 0) is 6.07 Å². The molecule has 0 radical (unpaired) electrons. The van der Waals surface area contributed by atoms with Crippen LogP contribution in [0.1, 0.15) is 5.56 Å². The van der Waals surface area contributed by atoms with E-state index in [2.05, 4.69) is 14.5 Å². The Kier molecular flexibility index (Phi) is 3.41. The van der Waals surface area contributed by atoms with Gasteiger partial charge >= 0.3 is 6.36 Å². The summed E-state index contributed by atoms with van der Waals surface area (Å²) in [6.45, 7) is -1.03. The maximum Gasteiger partial charge on any atom is 0.574 e. The number of alkyl halides is 4. The van der Waals surface area contributed by atoms with Crippen molar-refractivity contribution in [1.29, 1.82) is 0 Å². The molecular formula is C8H7F4NO3. The van der Waals surface area contributed by atoms with Gasteiger partial charge < -0.3 is 14.6 Å². The molecule has 16 heavy (non-hydrogen) atoms. The van der Waals surface area contributed by atoms with E-state index in [1.54, 1.807) is 0 Å². The molecule has 1 N–H and O–H groups in total. The Morgan fingerprint density at radius 3 is 2.44 bits per heavy atom. The van der Waals surface area contributed by atoms with Gasteiger partial charge in [0.25, 0.3) is 5.88 Å². The van der Waals surface area contributed by atoms with Gasteiger partial charge in [-0.15, -0.1) is 13.2 Å². The highest BCUT2D eigenvalue weighted by molar-refractivity contribution is 5.41. The van der Waals surface area contributed by atoms with E-state index in [1.165, 1.54) is 0 Å². The van der Waals surface area contributed by atoms with Crippen molar-refractivity contribution < 1.29 is 32.1 Å². The largest absolute Gasteiger partial charge is 0.574 e. The van der Waals surface area contributed by atoms with Crippen molar-refractivity contribution in [3.8, 4) is 17.5 Å². The predicted molar refractivity (Wildman–Crippen MR) is 43.9 cm³/mol. The van der Waals surface area contributed by atoms with Gasteiger partial charge in [0, 0.05) is 5.56 Å².